The van der Waals surface area contributed by atoms with E-state index >= 15 is 0 Å². The Morgan fingerprint density at radius 1 is 1.21 bits per heavy atom. The van der Waals surface area contributed by atoms with Gasteiger partial charge in [-0.25, -0.2) is 4.79 Å². The van der Waals surface area contributed by atoms with Gasteiger partial charge in [0.25, 0.3) is 0 Å². The summed E-state index contributed by atoms with van der Waals surface area (Å²) in [5.74, 6) is 0.714. The van der Waals surface area contributed by atoms with E-state index < -0.39 is 17.7 Å². The summed E-state index contributed by atoms with van der Waals surface area (Å²) in [4.78, 5) is 13.2. The van der Waals surface area contributed by atoms with Crippen LogP contribution in [0.15, 0.2) is 42.5 Å². The summed E-state index contributed by atoms with van der Waals surface area (Å²) in [5, 5.41) is 23.4. The van der Waals surface area contributed by atoms with Crippen molar-refractivity contribution in [3.63, 3.8) is 0 Å². The minimum atomic E-state index is -0.662. The summed E-state index contributed by atoms with van der Waals surface area (Å²) < 4.78 is 11.4. The molecule has 150 valence electrons. The zero-order valence-electron chi connectivity index (χ0n) is 16.6. The topological polar surface area (TPSA) is 91.6 Å². The molecule has 1 aromatic heterocycles. The number of phenolic OH excluding ortho intramolecular Hbond substituents is 1. The predicted molar refractivity (Wildman–Crippen MR) is 112 cm³/mol. The molecule has 0 aliphatic heterocycles. The molecular formula is C22H22N2O4S. The number of alkyl carbamates (subject to hydrolysis) is 1. The zero-order chi connectivity index (χ0) is 21.2. The van der Waals surface area contributed by atoms with Crippen LogP contribution in [0.4, 0.5) is 4.79 Å². The van der Waals surface area contributed by atoms with E-state index in [4.69, 9.17) is 9.47 Å². The van der Waals surface area contributed by atoms with Gasteiger partial charge in [0.2, 0.25) is 0 Å². The minimum Gasteiger partial charge on any atom is -0.507 e. The van der Waals surface area contributed by atoms with Gasteiger partial charge in [-0.3, -0.25) is 0 Å². The molecule has 0 saturated heterocycles. The van der Waals surface area contributed by atoms with Crippen molar-refractivity contribution in [3.8, 4) is 17.6 Å². The number of phenols is 1. The van der Waals surface area contributed by atoms with Crippen LogP contribution in [0.2, 0.25) is 0 Å². The van der Waals surface area contributed by atoms with Crippen LogP contribution in [0.3, 0.4) is 0 Å². The lowest BCUT2D eigenvalue weighted by Gasteiger charge is -2.24. The Hall–Kier alpha value is -3.24. The number of nitriles is 1. The van der Waals surface area contributed by atoms with E-state index in [2.05, 4.69) is 11.4 Å². The maximum atomic E-state index is 12.5. The number of carbonyl (C=O) groups is 1. The first-order valence-electron chi connectivity index (χ1n) is 9.01. The lowest BCUT2D eigenvalue weighted by molar-refractivity contribution is 0.0513. The first kappa shape index (κ1) is 20.5. The van der Waals surface area contributed by atoms with Gasteiger partial charge in [-0.2, -0.15) is 5.26 Å². The summed E-state index contributed by atoms with van der Waals surface area (Å²) in [6.07, 6.45) is -0.594. The van der Waals surface area contributed by atoms with E-state index in [9.17, 15) is 15.2 Å². The lowest BCUT2D eigenvalue weighted by Crippen LogP contribution is -2.35. The van der Waals surface area contributed by atoms with Crippen molar-refractivity contribution in [1.82, 2.24) is 5.32 Å². The number of ether oxygens (including phenoxy) is 2. The molecule has 0 aliphatic rings. The molecule has 0 fully saturated rings. The Morgan fingerprint density at radius 3 is 2.48 bits per heavy atom. The highest BCUT2D eigenvalue weighted by atomic mass is 32.1. The number of nitrogens with zero attached hydrogens (tertiary/aromatic N) is 1. The number of benzene rings is 2. The highest BCUT2D eigenvalue weighted by Gasteiger charge is 2.27. The van der Waals surface area contributed by atoms with Crippen LogP contribution in [-0.4, -0.2) is 23.9 Å². The Kier molecular flexibility index (Phi) is 5.66. The van der Waals surface area contributed by atoms with Gasteiger partial charge in [0.1, 0.15) is 23.2 Å². The molecule has 2 N–H and O–H groups in total. The van der Waals surface area contributed by atoms with Gasteiger partial charge >= 0.3 is 6.09 Å². The van der Waals surface area contributed by atoms with Crippen molar-refractivity contribution in [1.29, 1.82) is 5.26 Å². The van der Waals surface area contributed by atoms with E-state index in [-0.39, 0.29) is 5.75 Å². The fourth-order valence-electron chi connectivity index (χ4n) is 2.98. The van der Waals surface area contributed by atoms with Crippen molar-refractivity contribution < 1.29 is 19.4 Å². The molecule has 3 aromatic rings. The van der Waals surface area contributed by atoms with Crippen molar-refractivity contribution in [2.75, 3.05) is 7.11 Å². The third-order valence-electron chi connectivity index (χ3n) is 4.20. The van der Waals surface area contributed by atoms with Crippen LogP contribution in [-0.2, 0) is 4.74 Å². The Balaban J connectivity index is 2.12. The van der Waals surface area contributed by atoms with Crippen LogP contribution < -0.4 is 10.1 Å². The number of nitrogens with one attached hydrogen (secondary N) is 1. The number of hydrogen-bond donors (Lipinski definition) is 2. The summed E-state index contributed by atoms with van der Waals surface area (Å²) in [6.45, 7) is 5.35. The van der Waals surface area contributed by atoms with Gasteiger partial charge in [0.15, 0.2) is 0 Å². The van der Waals surface area contributed by atoms with Crippen LogP contribution in [0.25, 0.3) is 10.1 Å². The second-order valence-corrected chi connectivity index (χ2v) is 8.54. The number of fused-ring (bicyclic) bond motifs is 1. The van der Waals surface area contributed by atoms with E-state index in [1.807, 2.05) is 18.2 Å². The number of methoxy groups -OCH3 is 1. The molecule has 0 spiro atoms. The highest BCUT2D eigenvalue weighted by molar-refractivity contribution is 7.19. The summed E-state index contributed by atoms with van der Waals surface area (Å²) in [6, 6.07) is 13.9. The minimum absolute atomic E-state index is 0.0345. The normalized spacial score (nSPS) is 12.2. The predicted octanol–water partition coefficient (Wildman–Crippen LogP) is 5.10. The average Bonchev–Trinajstić information content (AvgIpc) is 3.04. The SMILES string of the molecule is COc1ccc(C(NC(=O)OC(C)(C)C)c2sc3cccc(O)c3c2C#N)cc1. The number of rotatable bonds is 4. The zero-order valence-corrected chi connectivity index (χ0v) is 17.5. The molecule has 0 bridgehead atoms. The fraction of sp³-hybridized carbons (Fsp3) is 0.273. The van der Waals surface area contributed by atoms with Gasteiger partial charge in [0, 0.05) is 4.70 Å². The Labute approximate surface area is 173 Å². The molecule has 1 unspecified atom stereocenters. The second-order valence-electron chi connectivity index (χ2n) is 7.46. The highest BCUT2D eigenvalue weighted by Crippen LogP contribution is 2.41. The smallest absolute Gasteiger partial charge is 0.408 e. The molecule has 0 saturated carbocycles. The van der Waals surface area contributed by atoms with Crippen LogP contribution in [0, 0.1) is 11.3 Å². The third-order valence-corrected chi connectivity index (χ3v) is 5.42. The molecule has 1 heterocycles. The second kappa shape index (κ2) is 8.02. The molecule has 0 radical (unpaired) electrons. The maximum absolute atomic E-state index is 12.5. The number of aromatic hydroxyl groups is 1. The van der Waals surface area contributed by atoms with E-state index in [0.717, 1.165) is 10.3 Å². The Bertz CT molecular complexity index is 1080. The first-order chi connectivity index (χ1) is 13.7. The summed E-state index contributed by atoms with van der Waals surface area (Å²) in [5.41, 5.74) is 0.435. The van der Waals surface area contributed by atoms with E-state index in [0.29, 0.717) is 21.6 Å². The first-order valence-corrected chi connectivity index (χ1v) is 9.83. The molecule has 29 heavy (non-hydrogen) atoms. The van der Waals surface area contributed by atoms with E-state index in [1.165, 1.54) is 11.3 Å². The molecule has 3 rings (SSSR count). The van der Waals surface area contributed by atoms with E-state index in [1.54, 1.807) is 52.1 Å². The lowest BCUT2D eigenvalue weighted by atomic mass is 10.0. The average molecular weight is 410 g/mol. The molecule has 0 aliphatic carbocycles. The standard InChI is InChI=1S/C22H22N2O4S/c1-22(2,3)28-21(26)24-19(13-8-10-14(27-4)11-9-13)20-15(12-23)18-16(25)6-5-7-17(18)29-20/h5-11,19,25H,1-4H3,(H,24,26). The van der Waals surface area contributed by atoms with Gasteiger partial charge in [-0.05, 0) is 50.6 Å². The van der Waals surface area contributed by atoms with Gasteiger partial charge < -0.3 is 19.9 Å². The Morgan fingerprint density at radius 2 is 1.90 bits per heavy atom. The van der Waals surface area contributed by atoms with Gasteiger partial charge in [-0.15, -0.1) is 11.3 Å². The van der Waals surface area contributed by atoms with Crippen molar-refractivity contribution in [3.05, 3.63) is 58.5 Å². The number of carbonyl (C=O) groups excluding carboxylic acids is 1. The third kappa shape index (κ3) is 4.44. The molecule has 6 nitrogen and oxygen atoms in total. The summed E-state index contributed by atoms with van der Waals surface area (Å²) in [7, 11) is 1.58. The molecule has 1 atom stereocenters. The van der Waals surface area contributed by atoms with Crippen molar-refractivity contribution in [2.45, 2.75) is 32.4 Å². The molecule has 2 aromatic carbocycles. The summed E-state index contributed by atoms with van der Waals surface area (Å²) >= 11 is 1.35. The maximum Gasteiger partial charge on any atom is 0.408 e. The molecule has 7 heteroatoms. The number of thiophene rings is 1. The molecular weight excluding hydrogens is 388 g/mol. The quantitative estimate of drug-likeness (QED) is 0.624. The monoisotopic (exact) mass is 410 g/mol. The van der Waals surface area contributed by atoms with Gasteiger partial charge in [0.05, 0.1) is 29.0 Å². The van der Waals surface area contributed by atoms with Crippen molar-refractivity contribution in [2.24, 2.45) is 0 Å². The van der Waals surface area contributed by atoms with Crippen LogP contribution in [0.1, 0.15) is 42.8 Å². The van der Waals surface area contributed by atoms with Gasteiger partial charge in [-0.1, -0.05) is 18.2 Å². The fourth-order valence-corrected chi connectivity index (χ4v) is 4.24. The van der Waals surface area contributed by atoms with Crippen LogP contribution >= 0.6 is 11.3 Å². The van der Waals surface area contributed by atoms with Crippen LogP contribution in [0.5, 0.6) is 11.5 Å². The van der Waals surface area contributed by atoms with Crippen molar-refractivity contribution >= 4 is 27.5 Å². The number of amides is 1. The largest absolute Gasteiger partial charge is 0.507 e. The number of hydrogen-bond acceptors (Lipinski definition) is 6. The molecule has 1 amide bonds.